The van der Waals surface area contributed by atoms with Crippen LogP contribution in [-0.4, -0.2) is 18.2 Å². The highest BCUT2D eigenvalue weighted by Crippen LogP contribution is 2.14. The van der Waals surface area contributed by atoms with E-state index in [1.54, 1.807) is 23.5 Å². The predicted molar refractivity (Wildman–Crippen MR) is 78.2 cm³/mol. The molecule has 0 saturated carbocycles. The van der Waals surface area contributed by atoms with Gasteiger partial charge in [-0.1, -0.05) is 29.8 Å². The first-order valence-corrected chi connectivity index (χ1v) is 6.87. The molecule has 5 heteroatoms. The van der Waals surface area contributed by atoms with Crippen molar-refractivity contribution in [1.82, 2.24) is 0 Å². The largest absolute Gasteiger partial charge is 0.465 e. The Hall–Kier alpha value is -1.65. The summed E-state index contributed by atoms with van der Waals surface area (Å²) in [6.45, 7) is 0.484. The first kappa shape index (κ1) is 13.8. The van der Waals surface area contributed by atoms with Crippen LogP contribution in [0.15, 0.2) is 46.8 Å². The maximum Gasteiger partial charge on any atom is 0.337 e. The number of ether oxygens (including phenoxy) is 1. The lowest BCUT2D eigenvalue weighted by molar-refractivity contribution is 0.0600. The van der Waals surface area contributed by atoms with Crippen molar-refractivity contribution in [3.8, 4) is 0 Å². The number of aliphatic imine (C=N–C) groups is 1. The average Bonchev–Trinajstić information content (AvgIpc) is 2.98. The lowest BCUT2D eigenvalue weighted by Crippen LogP contribution is -2.00. The van der Waals surface area contributed by atoms with Crippen LogP contribution in [0.5, 0.6) is 0 Å². The number of esters is 1. The van der Waals surface area contributed by atoms with E-state index >= 15 is 0 Å². The van der Waals surface area contributed by atoms with Crippen LogP contribution in [0.25, 0.3) is 0 Å². The molecule has 0 unspecified atom stereocenters. The van der Waals surface area contributed by atoms with E-state index in [0.29, 0.717) is 17.3 Å². The van der Waals surface area contributed by atoms with E-state index in [9.17, 15) is 4.79 Å². The molecule has 0 aliphatic heterocycles. The quantitative estimate of drug-likeness (QED) is 0.636. The smallest absolute Gasteiger partial charge is 0.337 e. The van der Waals surface area contributed by atoms with Gasteiger partial charge in [0.05, 0.1) is 24.1 Å². The molecule has 1 aromatic carbocycles. The van der Waals surface area contributed by atoms with Crippen molar-refractivity contribution >= 4 is 34.1 Å². The van der Waals surface area contributed by atoms with Gasteiger partial charge in [0, 0.05) is 0 Å². The zero-order valence-corrected chi connectivity index (χ0v) is 11.9. The van der Waals surface area contributed by atoms with Crippen molar-refractivity contribution in [3.05, 3.63) is 57.8 Å². The van der Waals surface area contributed by atoms with Crippen molar-refractivity contribution in [1.29, 1.82) is 0 Å². The second-order valence-electron chi connectivity index (χ2n) is 3.77. The molecule has 0 radical (unpaired) electrons. The summed E-state index contributed by atoms with van der Waals surface area (Å²) in [6, 6.07) is 11.0. The Bertz CT molecular complexity index is 576. The normalized spacial score (nSPS) is 11.4. The molecule has 0 saturated heterocycles. The molecule has 2 rings (SSSR count). The Labute approximate surface area is 120 Å². The molecule has 0 N–H and O–H groups in total. The van der Waals surface area contributed by atoms with Crippen LogP contribution >= 0.6 is 22.9 Å². The van der Waals surface area contributed by atoms with Crippen LogP contribution in [0, 0.1) is 0 Å². The van der Waals surface area contributed by atoms with Gasteiger partial charge < -0.3 is 4.74 Å². The zero-order valence-electron chi connectivity index (χ0n) is 10.3. The molecule has 0 spiro atoms. The molecule has 19 heavy (non-hydrogen) atoms. The van der Waals surface area contributed by atoms with Gasteiger partial charge in [0.25, 0.3) is 0 Å². The third-order valence-electron chi connectivity index (χ3n) is 2.50. The van der Waals surface area contributed by atoms with Crippen molar-refractivity contribution in [3.63, 3.8) is 0 Å². The Morgan fingerprint density at radius 2 is 2.05 bits per heavy atom. The van der Waals surface area contributed by atoms with Crippen LogP contribution in [0.1, 0.15) is 20.8 Å². The summed E-state index contributed by atoms with van der Waals surface area (Å²) in [5, 5.41) is 2.46. The summed E-state index contributed by atoms with van der Waals surface area (Å²) in [7, 11) is 1.36. The van der Waals surface area contributed by atoms with Crippen molar-refractivity contribution in [2.24, 2.45) is 4.99 Å². The maximum atomic E-state index is 11.3. The second-order valence-corrected chi connectivity index (χ2v) is 5.08. The fourth-order valence-corrected chi connectivity index (χ4v) is 2.38. The van der Waals surface area contributed by atoms with E-state index in [0.717, 1.165) is 10.4 Å². The number of nitrogens with zero attached hydrogens (tertiary/aromatic N) is 1. The van der Waals surface area contributed by atoms with Gasteiger partial charge in [0.15, 0.2) is 0 Å². The van der Waals surface area contributed by atoms with Crippen LogP contribution in [0.2, 0.25) is 0 Å². The minimum Gasteiger partial charge on any atom is -0.465 e. The molecule has 0 bridgehead atoms. The molecule has 0 atom stereocenters. The highest BCUT2D eigenvalue weighted by Gasteiger charge is 2.04. The van der Waals surface area contributed by atoms with Gasteiger partial charge in [-0.2, -0.15) is 0 Å². The van der Waals surface area contributed by atoms with Crippen molar-refractivity contribution < 1.29 is 9.53 Å². The van der Waals surface area contributed by atoms with Gasteiger partial charge in [-0.05, 0) is 29.1 Å². The van der Waals surface area contributed by atoms with Gasteiger partial charge in [-0.15, -0.1) is 11.3 Å². The van der Waals surface area contributed by atoms with Gasteiger partial charge in [0.2, 0.25) is 0 Å². The number of halogens is 1. The van der Waals surface area contributed by atoms with Crippen molar-refractivity contribution in [2.45, 2.75) is 6.54 Å². The summed E-state index contributed by atoms with van der Waals surface area (Å²) < 4.78 is 4.64. The number of thiophene rings is 1. The molecule has 98 valence electrons. The van der Waals surface area contributed by atoms with E-state index in [4.69, 9.17) is 11.6 Å². The maximum absolute atomic E-state index is 11.3. The number of benzene rings is 1. The summed E-state index contributed by atoms with van der Waals surface area (Å²) in [6.07, 6.45) is 0. The topological polar surface area (TPSA) is 38.7 Å². The minimum absolute atomic E-state index is 0.341. The van der Waals surface area contributed by atoms with Crippen LogP contribution in [0.3, 0.4) is 0 Å². The van der Waals surface area contributed by atoms with E-state index in [-0.39, 0.29) is 5.97 Å². The highest BCUT2D eigenvalue weighted by atomic mass is 35.5. The number of carbonyl (C=O) groups is 1. The fraction of sp³-hybridized carbons (Fsp3) is 0.143. The Kier molecular flexibility index (Phi) is 4.71. The molecule has 0 amide bonds. The SMILES string of the molecule is COC(=O)c1ccc(C/N=C(\Cl)c2cccs2)cc1. The molecule has 2 aromatic rings. The summed E-state index contributed by atoms with van der Waals surface area (Å²) in [5.41, 5.74) is 1.52. The van der Waals surface area contributed by atoms with E-state index < -0.39 is 0 Å². The molecule has 1 aromatic heterocycles. The first-order valence-electron chi connectivity index (χ1n) is 5.62. The molecule has 3 nitrogen and oxygen atoms in total. The fourth-order valence-electron chi connectivity index (χ4n) is 1.50. The number of hydrogen-bond acceptors (Lipinski definition) is 4. The lowest BCUT2D eigenvalue weighted by atomic mass is 10.1. The van der Waals surface area contributed by atoms with Gasteiger partial charge >= 0.3 is 5.97 Å². The van der Waals surface area contributed by atoms with Crippen LogP contribution < -0.4 is 0 Å². The number of rotatable bonds is 4. The Balaban J connectivity index is 2.04. The third-order valence-corrected chi connectivity index (χ3v) is 3.81. The zero-order chi connectivity index (χ0) is 13.7. The Morgan fingerprint density at radius 3 is 2.63 bits per heavy atom. The molecule has 0 aliphatic carbocycles. The Morgan fingerprint density at radius 1 is 1.32 bits per heavy atom. The number of hydrogen-bond donors (Lipinski definition) is 0. The predicted octanol–water partition coefficient (Wildman–Crippen LogP) is 3.72. The molecular weight excluding hydrogens is 282 g/mol. The minimum atomic E-state index is -0.341. The summed E-state index contributed by atoms with van der Waals surface area (Å²) in [4.78, 5) is 16.5. The number of carbonyl (C=O) groups excluding carboxylic acids is 1. The first-order chi connectivity index (χ1) is 9.20. The van der Waals surface area contributed by atoms with Gasteiger partial charge in [-0.25, -0.2) is 4.79 Å². The molecular formula is C14H12ClNO2S. The average molecular weight is 294 g/mol. The monoisotopic (exact) mass is 293 g/mol. The summed E-state index contributed by atoms with van der Waals surface area (Å²) in [5.74, 6) is -0.341. The van der Waals surface area contributed by atoms with E-state index in [1.165, 1.54) is 7.11 Å². The van der Waals surface area contributed by atoms with Crippen LogP contribution in [0.4, 0.5) is 0 Å². The molecule has 0 fully saturated rings. The summed E-state index contributed by atoms with van der Waals surface area (Å²) >= 11 is 7.64. The molecule has 0 aliphatic rings. The molecule has 1 heterocycles. The van der Waals surface area contributed by atoms with Gasteiger partial charge in [0.1, 0.15) is 5.17 Å². The lowest BCUT2D eigenvalue weighted by Gasteiger charge is -2.01. The number of methoxy groups -OCH3 is 1. The van der Waals surface area contributed by atoms with Gasteiger partial charge in [-0.3, -0.25) is 4.99 Å². The standard InChI is InChI=1S/C14H12ClNO2S/c1-18-14(17)11-6-4-10(5-7-11)9-16-13(15)12-3-2-8-19-12/h2-8H,9H2,1H3/b16-13-. The van der Waals surface area contributed by atoms with E-state index in [2.05, 4.69) is 9.73 Å². The van der Waals surface area contributed by atoms with Crippen molar-refractivity contribution in [2.75, 3.05) is 7.11 Å². The third kappa shape index (κ3) is 3.66. The van der Waals surface area contributed by atoms with Crippen LogP contribution in [-0.2, 0) is 11.3 Å². The highest BCUT2D eigenvalue weighted by molar-refractivity contribution is 7.14. The van der Waals surface area contributed by atoms with E-state index in [1.807, 2.05) is 29.6 Å². The second kappa shape index (κ2) is 6.50.